The number of aromatic amines is 1. The highest BCUT2D eigenvalue weighted by Gasteiger charge is 2.28. The summed E-state index contributed by atoms with van der Waals surface area (Å²) in [4.78, 5) is 15.1. The van der Waals surface area contributed by atoms with Crippen molar-refractivity contribution in [1.29, 1.82) is 0 Å². The Morgan fingerprint density at radius 2 is 2.39 bits per heavy atom. The Bertz CT molecular complexity index is 599. The van der Waals surface area contributed by atoms with Gasteiger partial charge in [0.1, 0.15) is 12.3 Å². The lowest BCUT2D eigenvalue weighted by Crippen LogP contribution is -2.15. The normalized spacial score (nSPS) is 19.8. The van der Waals surface area contributed by atoms with Gasteiger partial charge in [0.25, 0.3) is 0 Å². The second-order valence-electron chi connectivity index (χ2n) is 4.10. The minimum Gasteiger partial charge on any atom is -0.391 e. The van der Waals surface area contributed by atoms with Crippen LogP contribution in [0.15, 0.2) is 24.4 Å². The van der Waals surface area contributed by atoms with Gasteiger partial charge in [-0.15, -0.1) is 11.3 Å². The number of aromatic nitrogens is 1. The molecule has 0 radical (unpaired) electrons. The number of hydrogen-bond acceptors (Lipinski definition) is 4. The highest BCUT2D eigenvalue weighted by Crippen LogP contribution is 2.41. The minimum atomic E-state index is -0.303. The SMILES string of the molecule is O=CC1Nc2sc(CO)cc2C1=Cc1ccc[nH]1. The third-order valence-corrected chi connectivity index (χ3v) is 3.99. The molecule has 0 fully saturated rings. The lowest BCUT2D eigenvalue weighted by molar-refractivity contribution is -0.107. The van der Waals surface area contributed by atoms with E-state index < -0.39 is 0 Å². The zero-order valence-corrected chi connectivity index (χ0v) is 10.3. The third-order valence-electron chi connectivity index (χ3n) is 2.94. The van der Waals surface area contributed by atoms with Gasteiger partial charge >= 0.3 is 0 Å². The number of aliphatic hydroxyl groups is 1. The van der Waals surface area contributed by atoms with Gasteiger partial charge in [0.15, 0.2) is 0 Å². The maximum absolute atomic E-state index is 11.1. The first-order valence-corrected chi connectivity index (χ1v) is 6.44. The Morgan fingerprint density at radius 3 is 3.06 bits per heavy atom. The number of fused-ring (bicyclic) bond motifs is 1. The molecule has 2 aromatic heterocycles. The van der Waals surface area contributed by atoms with Crippen LogP contribution in [0.3, 0.4) is 0 Å². The molecule has 2 aromatic rings. The van der Waals surface area contributed by atoms with Crippen molar-refractivity contribution in [3.05, 3.63) is 40.5 Å². The summed E-state index contributed by atoms with van der Waals surface area (Å²) in [5.41, 5.74) is 2.91. The van der Waals surface area contributed by atoms with Crippen LogP contribution in [0.1, 0.15) is 16.1 Å². The van der Waals surface area contributed by atoms with E-state index in [0.29, 0.717) is 0 Å². The molecule has 0 spiro atoms. The van der Waals surface area contributed by atoms with Crippen molar-refractivity contribution in [3.63, 3.8) is 0 Å². The van der Waals surface area contributed by atoms with Gasteiger partial charge in [0, 0.05) is 22.3 Å². The van der Waals surface area contributed by atoms with Crippen molar-refractivity contribution in [2.24, 2.45) is 0 Å². The first-order valence-electron chi connectivity index (χ1n) is 5.62. The molecule has 1 unspecified atom stereocenters. The molecule has 18 heavy (non-hydrogen) atoms. The molecule has 3 N–H and O–H groups in total. The number of carbonyl (C=O) groups is 1. The lowest BCUT2D eigenvalue weighted by Gasteiger charge is -2.05. The molecule has 0 bridgehead atoms. The molecular formula is C13H12N2O2S. The van der Waals surface area contributed by atoms with Gasteiger partial charge in [-0.05, 0) is 29.8 Å². The Balaban J connectivity index is 2.06. The van der Waals surface area contributed by atoms with Crippen LogP contribution >= 0.6 is 11.3 Å². The van der Waals surface area contributed by atoms with E-state index in [1.165, 1.54) is 11.3 Å². The topological polar surface area (TPSA) is 65.1 Å². The summed E-state index contributed by atoms with van der Waals surface area (Å²) < 4.78 is 0. The highest BCUT2D eigenvalue weighted by molar-refractivity contribution is 7.16. The quantitative estimate of drug-likeness (QED) is 0.740. The van der Waals surface area contributed by atoms with Gasteiger partial charge in [-0.2, -0.15) is 0 Å². The summed E-state index contributed by atoms with van der Waals surface area (Å²) in [6.45, 7) is 0.0287. The molecule has 3 heterocycles. The van der Waals surface area contributed by atoms with Gasteiger partial charge in [-0.25, -0.2) is 0 Å². The number of aliphatic hydroxyl groups excluding tert-OH is 1. The lowest BCUT2D eigenvalue weighted by atomic mass is 10.0. The van der Waals surface area contributed by atoms with Crippen LogP contribution in [0.5, 0.6) is 0 Å². The number of thiophene rings is 1. The Hall–Kier alpha value is -1.85. The van der Waals surface area contributed by atoms with E-state index in [-0.39, 0.29) is 12.6 Å². The summed E-state index contributed by atoms with van der Waals surface area (Å²) in [6.07, 6.45) is 4.71. The molecule has 0 saturated heterocycles. The number of aldehydes is 1. The van der Waals surface area contributed by atoms with E-state index >= 15 is 0 Å². The number of carbonyl (C=O) groups excluding carboxylic acids is 1. The summed E-state index contributed by atoms with van der Waals surface area (Å²) >= 11 is 1.49. The van der Waals surface area contributed by atoms with Crippen LogP contribution in [0.25, 0.3) is 11.6 Å². The van der Waals surface area contributed by atoms with Gasteiger partial charge in [-0.3, -0.25) is 0 Å². The molecule has 92 valence electrons. The van der Waals surface area contributed by atoms with E-state index in [1.807, 2.05) is 30.5 Å². The Labute approximate surface area is 108 Å². The zero-order chi connectivity index (χ0) is 12.5. The fourth-order valence-electron chi connectivity index (χ4n) is 2.10. The van der Waals surface area contributed by atoms with Gasteiger partial charge in [-0.1, -0.05) is 0 Å². The third kappa shape index (κ3) is 1.77. The first-order chi connectivity index (χ1) is 8.81. The van der Waals surface area contributed by atoms with Crippen LogP contribution in [-0.4, -0.2) is 22.4 Å². The predicted molar refractivity (Wildman–Crippen MR) is 72.4 cm³/mol. The van der Waals surface area contributed by atoms with Crippen LogP contribution < -0.4 is 5.32 Å². The molecular weight excluding hydrogens is 248 g/mol. The molecule has 0 amide bonds. The smallest absolute Gasteiger partial charge is 0.146 e. The van der Waals surface area contributed by atoms with Crippen LogP contribution in [0, 0.1) is 0 Å². The van der Waals surface area contributed by atoms with Crippen LogP contribution in [0.2, 0.25) is 0 Å². The van der Waals surface area contributed by atoms with Crippen LogP contribution in [-0.2, 0) is 11.4 Å². The molecule has 5 heteroatoms. The summed E-state index contributed by atoms with van der Waals surface area (Å²) in [5.74, 6) is 0. The van der Waals surface area contributed by atoms with Crippen molar-refractivity contribution >= 4 is 34.3 Å². The molecule has 0 aliphatic carbocycles. The number of hydrogen-bond donors (Lipinski definition) is 3. The second-order valence-corrected chi connectivity index (χ2v) is 5.23. The highest BCUT2D eigenvalue weighted by atomic mass is 32.1. The van der Waals surface area contributed by atoms with E-state index in [0.717, 1.165) is 33.0 Å². The number of H-pyrrole nitrogens is 1. The summed E-state index contributed by atoms with van der Waals surface area (Å²) in [7, 11) is 0. The van der Waals surface area contributed by atoms with Gasteiger partial charge in [0.2, 0.25) is 0 Å². The maximum atomic E-state index is 11.1. The summed E-state index contributed by atoms with van der Waals surface area (Å²) in [6, 6.07) is 5.50. The van der Waals surface area contributed by atoms with Crippen molar-refractivity contribution in [2.45, 2.75) is 12.6 Å². The van der Waals surface area contributed by atoms with Crippen LogP contribution in [0.4, 0.5) is 5.00 Å². The average molecular weight is 260 g/mol. The molecule has 1 aliphatic heterocycles. The van der Waals surface area contributed by atoms with E-state index in [4.69, 9.17) is 5.11 Å². The monoisotopic (exact) mass is 260 g/mol. The molecule has 0 aromatic carbocycles. The molecule has 1 atom stereocenters. The van der Waals surface area contributed by atoms with Crippen molar-refractivity contribution in [3.8, 4) is 0 Å². The average Bonchev–Trinajstić information content (AvgIpc) is 3.06. The Kier molecular flexibility index (Phi) is 2.77. The van der Waals surface area contributed by atoms with Crippen molar-refractivity contribution in [2.75, 3.05) is 5.32 Å². The predicted octanol–water partition coefficient (Wildman–Crippen LogP) is 2.10. The molecule has 0 saturated carbocycles. The fraction of sp³-hybridized carbons (Fsp3) is 0.154. The number of anilines is 1. The molecule has 1 aliphatic rings. The fourth-order valence-corrected chi connectivity index (χ4v) is 3.08. The van der Waals surface area contributed by atoms with Crippen molar-refractivity contribution < 1.29 is 9.90 Å². The van der Waals surface area contributed by atoms with Crippen molar-refractivity contribution in [1.82, 2.24) is 4.98 Å². The maximum Gasteiger partial charge on any atom is 0.146 e. The van der Waals surface area contributed by atoms with Gasteiger partial charge < -0.3 is 20.2 Å². The van der Waals surface area contributed by atoms with E-state index in [1.54, 1.807) is 0 Å². The Morgan fingerprint density at radius 1 is 1.50 bits per heavy atom. The minimum absolute atomic E-state index is 0.0287. The molecule has 4 nitrogen and oxygen atoms in total. The van der Waals surface area contributed by atoms with E-state index in [2.05, 4.69) is 10.3 Å². The largest absolute Gasteiger partial charge is 0.391 e. The standard InChI is InChI=1S/C13H12N2O2S/c16-6-9-5-11-10(4-8-2-1-3-14-8)12(7-17)15-13(11)18-9/h1-5,7,12,14-16H,6H2. The van der Waals surface area contributed by atoms with Gasteiger partial charge in [0.05, 0.1) is 11.6 Å². The first kappa shape index (κ1) is 11.3. The summed E-state index contributed by atoms with van der Waals surface area (Å²) in [5, 5.41) is 13.3. The van der Waals surface area contributed by atoms with E-state index in [9.17, 15) is 4.79 Å². The zero-order valence-electron chi connectivity index (χ0n) is 9.51. The number of rotatable bonds is 3. The second kappa shape index (κ2) is 4.44. The number of nitrogens with one attached hydrogen (secondary N) is 2. The molecule has 3 rings (SSSR count).